The van der Waals surface area contributed by atoms with Crippen LogP contribution in [0.3, 0.4) is 0 Å². The lowest BCUT2D eigenvalue weighted by Gasteiger charge is -2.39. The Hall–Kier alpha value is -1.55. The molecule has 1 aliphatic heterocycles. The third kappa shape index (κ3) is 2.89. The van der Waals surface area contributed by atoms with E-state index in [1.807, 2.05) is 12.1 Å². The minimum Gasteiger partial charge on any atom is -0.372 e. The van der Waals surface area contributed by atoms with Gasteiger partial charge in [-0.15, -0.1) is 0 Å². The predicted octanol–water partition coefficient (Wildman–Crippen LogP) is 1.67. The van der Waals surface area contributed by atoms with Crippen molar-refractivity contribution in [3.8, 4) is 0 Å². The van der Waals surface area contributed by atoms with Crippen molar-refractivity contribution < 1.29 is 9.90 Å². The first-order chi connectivity index (χ1) is 9.17. The normalized spacial score (nSPS) is 23.0. The van der Waals surface area contributed by atoms with Gasteiger partial charge in [0.2, 0.25) is 5.91 Å². The predicted molar refractivity (Wildman–Crippen MR) is 76.0 cm³/mol. The number of aliphatic hydroxyl groups excluding tert-OH is 1. The van der Waals surface area contributed by atoms with E-state index in [-0.39, 0.29) is 11.9 Å². The van der Waals surface area contributed by atoms with Crippen LogP contribution in [0.15, 0.2) is 24.3 Å². The fourth-order valence-corrected chi connectivity index (χ4v) is 2.77. The van der Waals surface area contributed by atoms with E-state index in [9.17, 15) is 9.90 Å². The summed E-state index contributed by atoms with van der Waals surface area (Å²) in [6.45, 7) is 5.02. The number of nitrogens with zero attached hydrogens (tertiary/aromatic N) is 1. The molecule has 0 radical (unpaired) electrons. The van der Waals surface area contributed by atoms with Crippen LogP contribution < -0.4 is 10.2 Å². The van der Waals surface area contributed by atoms with E-state index in [1.54, 1.807) is 0 Å². The summed E-state index contributed by atoms with van der Waals surface area (Å²) in [5.41, 5.74) is 2.43. The Balaban J connectivity index is 2.26. The molecule has 0 aliphatic carbocycles. The van der Waals surface area contributed by atoms with Crippen molar-refractivity contribution in [2.75, 3.05) is 11.4 Å². The molecule has 1 aromatic rings. The van der Waals surface area contributed by atoms with Crippen LogP contribution in [0.25, 0.3) is 0 Å². The summed E-state index contributed by atoms with van der Waals surface area (Å²) in [5.74, 6) is -0.0661. The molecule has 1 amide bonds. The van der Waals surface area contributed by atoms with Crippen LogP contribution in [-0.2, 0) is 11.2 Å². The number of nitrogens with one attached hydrogen (secondary N) is 1. The van der Waals surface area contributed by atoms with Gasteiger partial charge in [0, 0.05) is 18.7 Å². The van der Waals surface area contributed by atoms with Gasteiger partial charge in [-0.25, -0.2) is 0 Å². The monoisotopic (exact) mass is 262 g/mol. The van der Waals surface area contributed by atoms with E-state index in [0.717, 1.165) is 18.7 Å². The maximum Gasteiger partial charge on any atom is 0.222 e. The Labute approximate surface area is 114 Å². The standard InChI is InChI=1S/C15H22N2O2/c1-3-11-7-5-6-8-12(11)17(4-2)13-9-10-14(18)16-15(13)19/h5-8,13,15,19H,3-4,9-10H2,1-2H3,(H,16,18). The van der Waals surface area contributed by atoms with Gasteiger partial charge in [0.05, 0.1) is 6.04 Å². The number of hydrogen-bond donors (Lipinski definition) is 2. The molecule has 0 saturated carbocycles. The molecule has 0 spiro atoms. The zero-order valence-electron chi connectivity index (χ0n) is 11.6. The number of benzene rings is 1. The van der Waals surface area contributed by atoms with Crippen LogP contribution in [-0.4, -0.2) is 29.8 Å². The van der Waals surface area contributed by atoms with Crippen molar-refractivity contribution in [1.82, 2.24) is 5.32 Å². The molecule has 104 valence electrons. The number of aliphatic hydroxyl groups is 1. The molecule has 0 aromatic heterocycles. The lowest BCUT2D eigenvalue weighted by molar-refractivity contribution is -0.127. The Morgan fingerprint density at radius 3 is 2.74 bits per heavy atom. The molecule has 2 N–H and O–H groups in total. The SMILES string of the molecule is CCc1ccccc1N(CC)C1CCC(=O)NC1O. The number of para-hydroxylation sites is 1. The first-order valence-corrected chi connectivity index (χ1v) is 6.99. The molecule has 1 aromatic carbocycles. The van der Waals surface area contributed by atoms with Crippen molar-refractivity contribution in [3.05, 3.63) is 29.8 Å². The molecule has 2 atom stereocenters. The number of rotatable bonds is 4. The molecule has 2 unspecified atom stereocenters. The van der Waals surface area contributed by atoms with Gasteiger partial charge < -0.3 is 15.3 Å². The van der Waals surface area contributed by atoms with Crippen LogP contribution in [0.2, 0.25) is 0 Å². The van der Waals surface area contributed by atoms with Gasteiger partial charge in [0.15, 0.2) is 0 Å². The second-order valence-electron chi connectivity index (χ2n) is 4.89. The fraction of sp³-hybridized carbons (Fsp3) is 0.533. The highest BCUT2D eigenvalue weighted by Gasteiger charge is 2.31. The minimum absolute atomic E-state index is 0.0459. The molecule has 1 aliphatic rings. The van der Waals surface area contributed by atoms with E-state index in [0.29, 0.717) is 12.8 Å². The average molecular weight is 262 g/mol. The number of hydrogen-bond acceptors (Lipinski definition) is 3. The molecular weight excluding hydrogens is 240 g/mol. The summed E-state index contributed by atoms with van der Waals surface area (Å²) >= 11 is 0. The number of piperidine rings is 1. The third-order valence-electron chi connectivity index (χ3n) is 3.76. The van der Waals surface area contributed by atoms with E-state index in [4.69, 9.17) is 0 Å². The highest BCUT2D eigenvalue weighted by Crippen LogP contribution is 2.26. The molecule has 4 heteroatoms. The van der Waals surface area contributed by atoms with E-state index < -0.39 is 6.23 Å². The van der Waals surface area contributed by atoms with Gasteiger partial charge in [0.25, 0.3) is 0 Å². The molecule has 19 heavy (non-hydrogen) atoms. The van der Waals surface area contributed by atoms with Crippen molar-refractivity contribution in [3.63, 3.8) is 0 Å². The fourth-order valence-electron chi connectivity index (χ4n) is 2.77. The summed E-state index contributed by atoms with van der Waals surface area (Å²) < 4.78 is 0. The quantitative estimate of drug-likeness (QED) is 0.868. The molecular formula is C15H22N2O2. The molecule has 0 bridgehead atoms. The van der Waals surface area contributed by atoms with Gasteiger partial charge in [-0.2, -0.15) is 0 Å². The second kappa shape index (κ2) is 6.06. The Morgan fingerprint density at radius 2 is 2.11 bits per heavy atom. The summed E-state index contributed by atoms with van der Waals surface area (Å²) in [6.07, 6.45) is 1.35. The number of carbonyl (C=O) groups is 1. The molecule has 1 saturated heterocycles. The highest BCUT2D eigenvalue weighted by atomic mass is 16.3. The van der Waals surface area contributed by atoms with Crippen LogP contribution in [0.1, 0.15) is 32.3 Å². The van der Waals surface area contributed by atoms with Crippen molar-refractivity contribution in [1.29, 1.82) is 0 Å². The maximum atomic E-state index is 11.3. The van der Waals surface area contributed by atoms with Crippen molar-refractivity contribution >= 4 is 11.6 Å². The van der Waals surface area contributed by atoms with Crippen LogP contribution in [0.4, 0.5) is 5.69 Å². The lowest BCUT2D eigenvalue weighted by Crippen LogP contribution is -2.55. The van der Waals surface area contributed by atoms with Gasteiger partial charge in [-0.1, -0.05) is 25.1 Å². The average Bonchev–Trinajstić information content (AvgIpc) is 2.42. The number of anilines is 1. The third-order valence-corrected chi connectivity index (χ3v) is 3.76. The van der Waals surface area contributed by atoms with E-state index in [1.165, 1.54) is 5.56 Å². The van der Waals surface area contributed by atoms with Crippen LogP contribution >= 0.6 is 0 Å². The van der Waals surface area contributed by atoms with Gasteiger partial charge >= 0.3 is 0 Å². The summed E-state index contributed by atoms with van der Waals surface area (Å²) in [6, 6.07) is 8.22. The van der Waals surface area contributed by atoms with Gasteiger partial charge in [-0.3, -0.25) is 4.79 Å². The lowest BCUT2D eigenvalue weighted by atomic mass is 10.0. The Morgan fingerprint density at radius 1 is 1.37 bits per heavy atom. The first kappa shape index (κ1) is 13.9. The summed E-state index contributed by atoms with van der Waals surface area (Å²) in [7, 11) is 0. The van der Waals surface area contributed by atoms with Crippen LogP contribution in [0, 0.1) is 0 Å². The highest BCUT2D eigenvalue weighted by molar-refractivity contribution is 5.77. The molecule has 4 nitrogen and oxygen atoms in total. The second-order valence-corrected chi connectivity index (χ2v) is 4.89. The number of likely N-dealkylation sites (N-methyl/N-ethyl adjacent to an activating group) is 1. The first-order valence-electron chi connectivity index (χ1n) is 6.99. The number of amides is 1. The minimum atomic E-state index is -0.786. The van der Waals surface area contributed by atoms with E-state index in [2.05, 4.69) is 36.2 Å². The largest absolute Gasteiger partial charge is 0.372 e. The van der Waals surface area contributed by atoms with Crippen molar-refractivity contribution in [2.24, 2.45) is 0 Å². The Kier molecular flexibility index (Phi) is 4.43. The summed E-state index contributed by atoms with van der Waals surface area (Å²) in [5, 5.41) is 12.7. The smallest absolute Gasteiger partial charge is 0.222 e. The van der Waals surface area contributed by atoms with Gasteiger partial charge in [-0.05, 0) is 31.4 Å². The zero-order valence-corrected chi connectivity index (χ0v) is 11.6. The number of aryl methyl sites for hydroxylation is 1. The zero-order chi connectivity index (χ0) is 13.8. The number of carbonyl (C=O) groups excluding carboxylic acids is 1. The Bertz CT molecular complexity index is 448. The van der Waals surface area contributed by atoms with Crippen LogP contribution in [0.5, 0.6) is 0 Å². The molecule has 1 heterocycles. The topological polar surface area (TPSA) is 52.6 Å². The summed E-state index contributed by atoms with van der Waals surface area (Å²) in [4.78, 5) is 13.5. The van der Waals surface area contributed by atoms with E-state index >= 15 is 0 Å². The van der Waals surface area contributed by atoms with Gasteiger partial charge in [0.1, 0.15) is 6.23 Å². The maximum absolute atomic E-state index is 11.3. The van der Waals surface area contributed by atoms with Crippen molar-refractivity contribution in [2.45, 2.75) is 45.4 Å². The molecule has 1 fully saturated rings. The molecule has 2 rings (SSSR count).